The van der Waals surface area contributed by atoms with E-state index in [4.69, 9.17) is 0 Å². The van der Waals surface area contributed by atoms with Crippen LogP contribution in [0.15, 0.2) is 65.8 Å². The van der Waals surface area contributed by atoms with Gasteiger partial charge in [-0.1, -0.05) is 54.5 Å². The van der Waals surface area contributed by atoms with E-state index in [9.17, 15) is 9.59 Å². The third-order valence-corrected chi connectivity index (χ3v) is 5.46. The zero-order valence-electron chi connectivity index (χ0n) is 16.2. The van der Waals surface area contributed by atoms with Gasteiger partial charge in [-0.05, 0) is 30.5 Å². The topological polar surface area (TPSA) is 53.0 Å². The number of nitrogens with zero attached hydrogens (tertiary/aromatic N) is 3. The maximum atomic E-state index is 13.1. The van der Waals surface area contributed by atoms with Crippen molar-refractivity contribution in [2.75, 3.05) is 13.1 Å². The Bertz CT molecular complexity index is 952. The van der Waals surface area contributed by atoms with E-state index in [-0.39, 0.29) is 23.8 Å². The van der Waals surface area contributed by atoms with Crippen molar-refractivity contribution in [1.29, 1.82) is 0 Å². The normalized spacial score (nSPS) is 19.0. The number of likely N-dealkylation sites (tertiary alicyclic amines) is 1. The summed E-state index contributed by atoms with van der Waals surface area (Å²) < 4.78 is 0. The van der Waals surface area contributed by atoms with Crippen molar-refractivity contribution in [2.45, 2.75) is 25.3 Å². The molecule has 4 rings (SSSR count). The fourth-order valence-electron chi connectivity index (χ4n) is 3.82. The molecule has 2 aliphatic rings. The molecule has 1 saturated heterocycles. The molecule has 0 saturated carbocycles. The number of carbonyl (C=O) groups is 2. The van der Waals surface area contributed by atoms with Gasteiger partial charge in [0.1, 0.15) is 0 Å². The van der Waals surface area contributed by atoms with E-state index >= 15 is 0 Å². The molecule has 0 spiro atoms. The lowest BCUT2D eigenvalue weighted by atomic mass is 9.94. The van der Waals surface area contributed by atoms with Gasteiger partial charge in [-0.3, -0.25) is 9.59 Å². The summed E-state index contributed by atoms with van der Waals surface area (Å²) in [4.78, 5) is 27.2. The molecule has 2 aliphatic heterocycles. The summed E-state index contributed by atoms with van der Waals surface area (Å²) in [5.41, 5.74) is 1.92. The summed E-state index contributed by atoms with van der Waals surface area (Å²) in [6, 6.07) is 19.5. The van der Waals surface area contributed by atoms with Crippen LogP contribution in [0.5, 0.6) is 0 Å². The number of rotatable bonds is 2. The zero-order chi connectivity index (χ0) is 20.1. The van der Waals surface area contributed by atoms with Crippen LogP contribution in [0.4, 0.5) is 0 Å². The number of piperidine rings is 1. The smallest absolute Gasteiger partial charge is 0.298 e. The molecule has 0 radical (unpaired) electrons. The van der Waals surface area contributed by atoms with Crippen molar-refractivity contribution >= 4 is 18.0 Å². The molecule has 0 N–H and O–H groups in total. The Morgan fingerprint density at radius 2 is 1.59 bits per heavy atom. The number of hydrogen-bond donors (Lipinski definition) is 0. The summed E-state index contributed by atoms with van der Waals surface area (Å²) in [6.45, 7) is 1.10. The number of hydrazone groups is 1. The van der Waals surface area contributed by atoms with E-state index < -0.39 is 0 Å². The molecule has 5 heteroatoms. The van der Waals surface area contributed by atoms with Gasteiger partial charge in [-0.2, -0.15) is 5.10 Å². The van der Waals surface area contributed by atoms with Crippen LogP contribution in [-0.4, -0.2) is 41.0 Å². The lowest BCUT2D eigenvalue weighted by molar-refractivity contribution is -0.140. The molecule has 2 heterocycles. The van der Waals surface area contributed by atoms with Gasteiger partial charge in [0.15, 0.2) is 0 Å². The highest BCUT2D eigenvalue weighted by Gasteiger charge is 2.35. The number of benzene rings is 2. The van der Waals surface area contributed by atoms with E-state index in [0.717, 1.165) is 17.5 Å². The summed E-state index contributed by atoms with van der Waals surface area (Å²) in [6.07, 6.45) is 3.84. The Morgan fingerprint density at radius 1 is 0.931 bits per heavy atom. The standard InChI is InChI=1S/C24H23N3O2/c28-23(12-11-19-7-3-1-4-8-19)26-17-14-21(15-18-26)24(29)27-22(13-16-25-27)20-9-5-2-6-10-20/h1-10,16,21-22H,13-15,17-18H2. The second kappa shape index (κ2) is 8.74. The lowest BCUT2D eigenvalue weighted by Gasteiger charge is -2.33. The van der Waals surface area contributed by atoms with Gasteiger partial charge in [0.25, 0.3) is 5.91 Å². The highest BCUT2D eigenvalue weighted by atomic mass is 16.2. The van der Waals surface area contributed by atoms with Crippen LogP contribution >= 0.6 is 0 Å². The summed E-state index contributed by atoms with van der Waals surface area (Å²) in [7, 11) is 0. The molecule has 2 aromatic rings. The Kier molecular flexibility index (Phi) is 5.71. The number of hydrogen-bond acceptors (Lipinski definition) is 3. The summed E-state index contributed by atoms with van der Waals surface area (Å²) in [5, 5.41) is 5.97. The maximum absolute atomic E-state index is 13.1. The first-order chi connectivity index (χ1) is 14.2. The fraction of sp³-hybridized carbons (Fsp3) is 0.292. The first kappa shape index (κ1) is 18.9. The summed E-state index contributed by atoms with van der Waals surface area (Å²) >= 11 is 0. The Labute approximate surface area is 171 Å². The summed E-state index contributed by atoms with van der Waals surface area (Å²) in [5.74, 6) is 5.39. The zero-order valence-corrected chi connectivity index (χ0v) is 16.2. The Balaban J connectivity index is 1.34. The first-order valence-electron chi connectivity index (χ1n) is 9.99. The van der Waals surface area contributed by atoms with Gasteiger partial charge in [0, 0.05) is 43.1 Å². The van der Waals surface area contributed by atoms with Crippen LogP contribution in [0, 0.1) is 17.8 Å². The quantitative estimate of drug-likeness (QED) is 0.746. The SMILES string of the molecule is O=C(C#Cc1ccccc1)N1CCC(C(=O)N2N=CCC2c2ccccc2)CC1. The predicted octanol–water partition coefficient (Wildman–Crippen LogP) is 3.24. The molecule has 0 bridgehead atoms. The van der Waals surface area contributed by atoms with Crippen LogP contribution in [0.3, 0.4) is 0 Å². The predicted molar refractivity (Wildman–Crippen MR) is 112 cm³/mol. The van der Waals surface area contributed by atoms with Crippen LogP contribution in [0.1, 0.15) is 36.4 Å². The van der Waals surface area contributed by atoms with E-state index in [1.807, 2.05) is 66.9 Å². The minimum Gasteiger partial charge on any atom is -0.332 e. The van der Waals surface area contributed by atoms with Gasteiger partial charge in [0.2, 0.25) is 5.91 Å². The first-order valence-corrected chi connectivity index (χ1v) is 9.99. The third-order valence-electron chi connectivity index (χ3n) is 5.46. The van der Waals surface area contributed by atoms with Crippen LogP contribution in [0.25, 0.3) is 0 Å². The van der Waals surface area contributed by atoms with Gasteiger partial charge >= 0.3 is 0 Å². The molecule has 1 atom stereocenters. The molecule has 1 unspecified atom stereocenters. The molecule has 1 fully saturated rings. The van der Waals surface area contributed by atoms with E-state index in [1.54, 1.807) is 9.91 Å². The Hall–Kier alpha value is -3.39. The molecule has 0 aliphatic carbocycles. The maximum Gasteiger partial charge on any atom is 0.298 e. The van der Waals surface area contributed by atoms with Crippen molar-refractivity contribution in [3.05, 3.63) is 71.8 Å². The van der Waals surface area contributed by atoms with Crippen molar-refractivity contribution in [2.24, 2.45) is 11.0 Å². The molecule has 146 valence electrons. The van der Waals surface area contributed by atoms with Gasteiger partial charge in [0.05, 0.1) is 6.04 Å². The van der Waals surface area contributed by atoms with Crippen molar-refractivity contribution in [3.63, 3.8) is 0 Å². The van der Waals surface area contributed by atoms with Crippen molar-refractivity contribution < 1.29 is 9.59 Å². The van der Waals surface area contributed by atoms with Crippen molar-refractivity contribution in [1.82, 2.24) is 9.91 Å². The molecule has 29 heavy (non-hydrogen) atoms. The molecule has 2 amide bonds. The number of amides is 2. The van der Waals surface area contributed by atoms with E-state index in [2.05, 4.69) is 16.9 Å². The van der Waals surface area contributed by atoms with Crippen LogP contribution in [0.2, 0.25) is 0 Å². The molecule has 2 aromatic carbocycles. The minimum atomic E-state index is -0.180. The van der Waals surface area contributed by atoms with E-state index in [1.165, 1.54) is 0 Å². The molecule has 5 nitrogen and oxygen atoms in total. The average Bonchev–Trinajstić information content (AvgIpc) is 3.28. The second-order valence-electron chi connectivity index (χ2n) is 7.33. The van der Waals surface area contributed by atoms with Crippen molar-refractivity contribution in [3.8, 4) is 11.8 Å². The number of carbonyl (C=O) groups excluding carboxylic acids is 2. The lowest BCUT2D eigenvalue weighted by Crippen LogP contribution is -2.43. The van der Waals surface area contributed by atoms with Crippen LogP contribution in [-0.2, 0) is 9.59 Å². The second-order valence-corrected chi connectivity index (χ2v) is 7.33. The highest BCUT2D eigenvalue weighted by Crippen LogP contribution is 2.31. The fourth-order valence-corrected chi connectivity index (χ4v) is 3.82. The van der Waals surface area contributed by atoms with Gasteiger partial charge in [-0.25, -0.2) is 5.01 Å². The largest absolute Gasteiger partial charge is 0.332 e. The molecular formula is C24H23N3O2. The third kappa shape index (κ3) is 4.38. The highest BCUT2D eigenvalue weighted by molar-refractivity contribution is 5.94. The van der Waals surface area contributed by atoms with Gasteiger partial charge in [-0.15, -0.1) is 0 Å². The Morgan fingerprint density at radius 3 is 2.28 bits per heavy atom. The molecule has 0 aromatic heterocycles. The van der Waals surface area contributed by atoms with E-state index in [0.29, 0.717) is 25.9 Å². The minimum absolute atomic E-state index is 0.0277. The monoisotopic (exact) mass is 385 g/mol. The van der Waals surface area contributed by atoms with Gasteiger partial charge < -0.3 is 4.90 Å². The van der Waals surface area contributed by atoms with Crippen LogP contribution < -0.4 is 0 Å². The molecular weight excluding hydrogens is 362 g/mol. The average molecular weight is 385 g/mol.